The van der Waals surface area contributed by atoms with Crippen molar-refractivity contribution in [2.24, 2.45) is 11.7 Å². The molecule has 1 atom stereocenters. The lowest BCUT2D eigenvalue weighted by Gasteiger charge is -2.37. The minimum atomic E-state index is -0.252. The Bertz CT molecular complexity index is 950. The van der Waals surface area contributed by atoms with Crippen LogP contribution in [0.3, 0.4) is 0 Å². The van der Waals surface area contributed by atoms with Crippen LogP contribution in [0, 0.1) is 5.92 Å². The number of H-pyrrole nitrogens is 1. The van der Waals surface area contributed by atoms with Crippen molar-refractivity contribution >= 4 is 23.2 Å². The van der Waals surface area contributed by atoms with E-state index in [0.29, 0.717) is 50.5 Å². The van der Waals surface area contributed by atoms with E-state index in [-0.39, 0.29) is 29.3 Å². The molecule has 2 amide bonds. The average molecular weight is 430 g/mol. The Labute approximate surface area is 179 Å². The van der Waals surface area contributed by atoms with Crippen LogP contribution in [-0.2, 0) is 9.59 Å². The van der Waals surface area contributed by atoms with Crippen LogP contribution >= 0.6 is 11.3 Å². The predicted octanol–water partition coefficient (Wildman–Crippen LogP) is 1.75. The zero-order chi connectivity index (χ0) is 21.1. The van der Waals surface area contributed by atoms with E-state index < -0.39 is 0 Å². The standard InChI is InChI=1S/C21H27N5O3S/c22-20(29)14-4-8-25(9-5-14)12-19(28)26-7-2-1-3-17(26)21-23-16(11-18(27)24-21)15-6-10-30-13-15/h6,10-11,13-14,17H,1-5,7-9,12H2,(H2,22,29)(H,23,24,27)/t17-/m1/s1. The maximum Gasteiger partial charge on any atom is 0.251 e. The third kappa shape index (κ3) is 4.62. The van der Waals surface area contributed by atoms with E-state index in [1.165, 1.54) is 6.07 Å². The topological polar surface area (TPSA) is 112 Å². The van der Waals surface area contributed by atoms with E-state index in [9.17, 15) is 14.4 Å². The molecular formula is C21H27N5O3S. The SMILES string of the molecule is NC(=O)C1CCN(CC(=O)N2CCCC[C@@H]2c2nc(-c3ccsc3)cc(=O)[nH]2)CC1. The molecule has 2 fully saturated rings. The van der Waals surface area contributed by atoms with Crippen molar-refractivity contribution in [3.05, 3.63) is 39.1 Å². The molecule has 0 spiro atoms. The molecule has 4 rings (SSSR count). The molecule has 0 aromatic carbocycles. The van der Waals surface area contributed by atoms with E-state index in [4.69, 9.17) is 10.7 Å². The molecule has 0 radical (unpaired) electrons. The number of carbonyl (C=O) groups is 2. The number of nitrogens with zero attached hydrogens (tertiary/aromatic N) is 3. The summed E-state index contributed by atoms with van der Waals surface area (Å²) >= 11 is 1.56. The molecule has 160 valence electrons. The number of hydrogen-bond acceptors (Lipinski definition) is 6. The molecule has 0 unspecified atom stereocenters. The molecular weight excluding hydrogens is 402 g/mol. The minimum absolute atomic E-state index is 0.0424. The van der Waals surface area contributed by atoms with Gasteiger partial charge in [-0.2, -0.15) is 11.3 Å². The normalized spacial score (nSPS) is 20.9. The number of hydrogen-bond donors (Lipinski definition) is 2. The first kappa shape index (κ1) is 20.7. The summed E-state index contributed by atoms with van der Waals surface area (Å²) in [6.45, 7) is 2.37. The maximum atomic E-state index is 13.1. The van der Waals surface area contributed by atoms with Gasteiger partial charge in [0.2, 0.25) is 11.8 Å². The van der Waals surface area contributed by atoms with Crippen molar-refractivity contribution in [3.8, 4) is 11.3 Å². The van der Waals surface area contributed by atoms with Crippen molar-refractivity contribution in [2.45, 2.75) is 38.1 Å². The highest BCUT2D eigenvalue weighted by Gasteiger charge is 2.32. The number of aromatic nitrogens is 2. The van der Waals surface area contributed by atoms with Crippen LogP contribution < -0.4 is 11.3 Å². The molecule has 2 aromatic heterocycles. The highest BCUT2D eigenvalue weighted by Crippen LogP contribution is 2.30. The van der Waals surface area contributed by atoms with Crippen molar-refractivity contribution in [1.82, 2.24) is 19.8 Å². The molecule has 2 aliphatic rings. The van der Waals surface area contributed by atoms with Crippen molar-refractivity contribution in [3.63, 3.8) is 0 Å². The van der Waals surface area contributed by atoms with Gasteiger partial charge in [0.25, 0.3) is 5.56 Å². The zero-order valence-electron chi connectivity index (χ0n) is 16.9. The maximum absolute atomic E-state index is 13.1. The third-order valence-electron chi connectivity index (χ3n) is 6.06. The summed E-state index contributed by atoms with van der Waals surface area (Å²) in [7, 11) is 0. The van der Waals surface area contributed by atoms with Crippen LogP contribution in [0.5, 0.6) is 0 Å². The number of nitrogens with one attached hydrogen (secondary N) is 1. The number of carbonyl (C=O) groups excluding carboxylic acids is 2. The number of aromatic amines is 1. The molecule has 2 saturated heterocycles. The van der Waals surface area contributed by atoms with Gasteiger partial charge in [-0.1, -0.05) is 0 Å². The molecule has 3 N–H and O–H groups in total. The number of primary amides is 1. The van der Waals surface area contributed by atoms with Crippen LogP contribution in [0.2, 0.25) is 0 Å². The Morgan fingerprint density at radius 3 is 2.70 bits per heavy atom. The molecule has 30 heavy (non-hydrogen) atoms. The second kappa shape index (κ2) is 9.09. The van der Waals surface area contributed by atoms with Gasteiger partial charge in [-0.15, -0.1) is 0 Å². The summed E-state index contributed by atoms with van der Waals surface area (Å²) in [5.41, 5.74) is 6.76. The summed E-state index contributed by atoms with van der Waals surface area (Å²) in [5, 5.41) is 3.92. The Morgan fingerprint density at radius 1 is 1.20 bits per heavy atom. The second-order valence-corrected chi connectivity index (χ2v) is 8.86. The molecule has 8 nitrogen and oxygen atoms in total. The van der Waals surface area contributed by atoms with Gasteiger partial charge in [0.15, 0.2) is 0 Å². The number of amides is 2. The van der Waals surface area contributed by atoms with Crippen molar-refractivity contribution in [1.29, 1.82) is 0 Å². The lowest BCUT2D eigenvalue weighted by molar-refractivity contribution is -0.137. The van der Waals surface area contributed by atoms with Gasteiger partial charge < -0.3 is 15.6 Å². The number of nitrogens with two attached hydrogens (primary N) is 1. The fourth-order valence-electron chi connectivity index (χ4n) is 4.36. The van der Waals surface area contributed by atoms with Crippen LogP contribution in [0.15, 0.2) is 27.7 Å². The molecule has 2 aliphatic heterocycles. The highest BCUT2D eigenvalue weighted by molar-refractivity contribution is 7.08. The molecule has 4 heterocycles. The smallest absolute Gasteiger partial charge is 0.251 e. The van der Waals surface area contributed by atoms with Gasteiger partial charge in [0.05, 0.1) is 18.3 Å². The summed E-state index contributed by atoms with van der Waals surface area (Å²) in [5.74, 6) is 0.260. The van der Waals surface area contributed by atoms with Crippen molar-refractivity contribution < 1.29 is 9.59 Å². The molecule has 0 saturated carbocycles. The first-order chi connectivity index (χ1) is 14.5. The molecule has 0 bridgehead atoms. The molecule has 2 aromatic rings. The van der Waals surface area contributed by atoms with E-state index in [1.807, 2.05) is 21.7 Å². The molecule has 9 heteroatoms. The Kier molecular flexibility index (Phi) is 6.29. The van der Waals surface area contributed by atoms with Gasteiger partial charge in [-0.05, 0) is 56.6 Å². The highest BCUT2D eigenvalue weighted by atomic mass is 32.1. The molecule has 0 aliphatic carbocycles. The average Bonchev–Trinajstić information content (AvgIpc) is 3.29. The zero-order valence-corrected chi connectivity index (χ0v) is 17.7. The van der Waals surface area contributed by atoms with Gasteiger partial charge in [-0.3, -0.25) is 19.3 Å². The van der Waals surface area contributed by atoms with Gasteiger partial charge in [-0.25, -0.2) is 4.98 Å². The van der Waals surface area contributed by atoms with Crippen LogP contribution in [-0.4, -0.2) is 57.8 Å². The lowest BCUT2D eigenvalue weighted by Crippen LogP contribution is -2.47. The third-order valence-corrected chi connectivity index (χ3v) is 6.75. The van der Waals surface area contributed by atoms with Crippen molar-refractivity contribution in [2.75, 3.05) is 26.2 Å². The van der Waals surface area contributed by atoms with Gasteiger partial charge >= 0.3 is 0 Å². The van der Waals surface area contributed by atoms with Gasteiger partial charge in [0, 0.05) is 29.5 Å². The second-order valence-electron chi connectivity index (χ2n) is 8.08. The van der Waals surface area contributed by atoms with Crippen LogP contribution in [0.25, 0.3) is 11.3 Å². The summed E-state index contributed by atoms with van der Waals surface area (Å²) < 4.78 is 0. The van der Waals surface area contributed by atoms with E-state index in [0.717, 1.165) is 24.8 Å². The van der Waals surface area contributed by atoms with E-state index in [2.05, 4.69) is 9.88 Å². The largest absolute Gasteiger partial charge is 0.369 e. The van der Waals surface area contributed by atoms with Crippen LogP contribution in [0.1, 0.15) is 44.0 Å². The summed E-state index contributed by atoms with van der Waals surface area (Å²) in [6.07, 6.45) is 4.12. The predicted molar refractivity (Wildman–Crippen MR) is 115 cm³/mol. The fourth-order valence-corrected chi connectivity index (χ4v) is 5.01. The number of piperidine rings is 2. The lowest BCUT2D eigenvalue weighted by atomic mass is 9.96. The monoisotopic (exact) mass is 429 g/mol. The first-order valence-electron chi connectivity index (χ1n) is 10.5. The Morgan fingerprint density at radius 2 is 2.00 bits per heavy atom. The van der Waals surface area contributed by atoms with Crippen LogP contribution in [0.4, 0.5) is 0 Å². The minimum Gasteiger partial charge on any atom is -0.369 e. The number of rotatable bonds is 5. The van der Waals surface area contributed by atoms with Gasteiger partial charge in [0.1, 0.15) is 5.82 Å². The number of likely N-dealkylation sites (tertiary alicyclic amines) is 2. The first-order valence-corrected chi connectivity index (χ1v) is 11.4. The van der Waals surface area contributed by atoms with E-state index >= 15 is 0 Å². The fraction of sp³-hybridized carbons (Fsp3) is 0.524. The van der Waals surface area contributed by atoms with E-state index in [1.54, 1.807) is 11.3 Å². The Balaban J connectivity index is 1.49. The number of thiophene rings is 1. The summed E-state index contributed by atoms with van der Waals surface area (Å²) in [6, 6.07) is 3.22. The summed E-state index contributed by atoms with van der Waals surface area (Å²) in [4.78, 5) is 48.3. The Hall–Kier alpha value is -2.52. The quantitative estimate of drug-likeness (QED) is 0.752.